The van der Waals surface area contributed by atoms with Crippen LogP contribution in [0.1, 0.15) is 22.3 Å². The second-order valence-corrected chi connectivity index (χ2v) is 13.5. The van der Waals surface area contributed by atoms with Gasteiger partial charge in [0.1, 0.15) is 5.75 Å². The number of allylic oxidation sites excluding steroid dienone is 2. The number of alkyl halides is 6. The van der Waals surface area contributed by atoms with Crippen LogP contribution in [0.3, 0.4) is 0 Å². The highest BCUT2D eigenvalue weighted by molar-refractivity contribution is 7.86. The molecule has 0 atom stereocenters. The number of rotatable bonds is 4. The second-order valence-electron chi connectivity index (χ2n) is 10.7. The molecule has 0 bridgehead atoms. The lowest BCUT2D eigenvalue weighted by molar-refractivity contribution is -0.689. The fourth-order valence-corrected chi connectivity index (χ4v) is 5.18. The first kappa shape index (κ1) is 38.2. The largest absolute Gasteiger partial charge is 0.741 e. The van der Waals surface area contributed by atoms with Crippen LogP contribution in [0.5, 0.6) is 5.75 Å². The summed E-state index contributed by atoms with van der Waals surface area (Å²) in [5.41, 5.74) is -0.533. The lowest BCUT2D eigenvalue weighted by atomic mass is 9.85. The first-order valence-corrected chi connectivity index (χ1v) is 17.3. The minimum Gasteiger partial charge on any atom is -0.741 e. The highest BCUT2D eigenvalue weighted by Gasteiger charge is 2.37. The van der Waals surface area contributed by atoms with Crippen LogP contribution in [-0.2, 0) is 46.2 Å². The van der Waals surface area contributed by atoms with E-state index in [4.69, 9.17) is 30.7 Å². The second kappa shape index (κ2) is 15.1. The number of nitrogens with zero attached hydrogens (tertiary/aromatic N) is 2. The molecule has 0 saturated carbocycles. The fourth-order valence-electron chi connectivity index (χ4n) is 5.18. The maximum atomic E-state index is 10.7. The fraction of sp³-hybridized carbons (Fsp3) is 0.212. The molecule has 4 heterocycles. The molecule has 0 radical (unpaired) electrons. The Morgan fingerprint density at radius 1 is 0.660 bits per heavy atom. The van der Waals surface area contributed by atoms with Gasteiger partial charge in [-0.1, -0.05) is 48.6 Å². The van der Waals surface area contributed by atoms with Crippen molar-refractivity contribution in [2.75, 3.05) is 7.11 Å². The van der Waals surface area contributed by atoms with E-state index in [1.165, 1.54) is 39.2 Å². The smallest absolute Gasteiger partial charge is 0.485 e. The summed E-state index contributed by atoms with van der Waals surface area (Å²) in [6, 6.07) is 23.9. The summed E-state index contributed by atoms with van der Waals surface area (Å²) in [7, 11) is -10.5. The van der Waals surface area contributed by atoms with Crippen molar-refractivity contribution < 1.29 is 66.2 Å². The molecular formula is C33H28F6N2O7S2. The van der Waals surface area contributed by atoms with E-state index in [9.17, 15) is 26.3 Å². The van der Waals surface area contributed by atoms with Gasteiger partial charge in [0, 0.05) is 37.1 Å². The zero-order valence-electron chi connectivity index (χ0n) is 26.0. The Morgan fingerprint density at radius 3 is 1.64 bits per heavy atom. The number of fused-ring (bicyclic) bond motifs is 7. The van der Waals surface area contributed by atoms with E-state index in [1.807, 2.05) is 12.1 Å². The summed E-state index contributed by atoms with van der Waals surface area (Å²) < 4.78 is 128. The average Bonchev–Trinajstić information content (AvgIpc) is 3.05. The van der Waals surface area contributed by atoms with Crippen LogP contribution in [0.2, 0.25) is 0 Å². The SMILES string of the molecule is COc1ccc(/C=C/C=C/c2cc[n+]3c(c2)-c2c(ccc4c2-c2cccc[n+]2CC4)CC3)cc1.O=S(=O)([O-])C(F)(F)F.O=S(=O)([O-])C(F)(F)F. The van der Waals surface area contributed by atoms with Gasteiger partial charge in [-0.25, -0.2) is 16.8 Å². The number of hydrogen-bond acceptors (Lipinski definition) is 7. The van der Waals surface area contributed by atoms with E-state index in [-0.39, 0.29) is 0 Å². The van der Waals surface area contributed by atoms with E-state index >= 15 is 0 Å². The van der Waals surface area contributed by atoms with Crippen molar-refractivity contribution in [2.24, 2.45) is 0 Å². The van der Waals surface area contributed by atoms with Crippen molar-refractivity contribution in [1.82, 2.24) is 0 Å². The molecule has 2 aliphatic heterocycles. The normalized spacial score (nSPS) is 13.9. The van der Waals surface area contributed by atoms with Gasteiger partial charge in [-0.3, -0.25) is 0 Å². The van der Waals surface area contributed by atoms with Crippen molar-refractivity contribution in [3.05, 3.63) is 114 Å². The third-order valence-electron chi connectivity index (χ3n) is 7.51. The Bertz CT molecular complexity index is 2090. The van der Waals surface area contributed by atoms with E-state index < -0.39 is 31.3 Å². The zero-order valence-corrected chi connectivity index (χ0v) is 27.6. The molecule has 2 aromatic carbocycles. The molecule has 0 saturated heterocycles. The van der Waals surface area contributed by atoms with Crippen LogP contribution in [0.4, 0.5) is 26.3 Å². The van der Waals surface area contributed by atoms with Gasteiger partial charge in [0.05, 0.1) is 18.2 Å². The molecule has 0 aliphatic carbocycles. The number of pyridine rings is 2. The first-order chi connectivity index (χ1) is 23.3. The Kier molecular flexibility index (Phi) is 11.6. The molecule has 2 aromatic heterocycles. The van der Waals surface area contributed by atoms with Crippen LogP contribution in [0, 0.1) is 0 Å². The van der Waals surface area contributed by atoms with Gasteiger partial charge in [0.2, 0.25) is 11.4 Å². The van der Waals surface area contributed by atoms with Gasteiger partial charge in [-0.05, 0) is 40.5 Å². The van der Waals surface area contributed by atoms with E-state index in [2.05, 4.69) is 100 Å². The molecule has 17 heteroatoms. The minimum absolute atomic E-state index is 0.878. The monoisotopic (exact) mass is 742 g/mol. The highest BCUT2D eigenvalue weighted by atomic mass is 32.2. The van der Waals surface area contributed by atoms with Crippen molar-refractivity contribution in [1.29, 1.82) is 0 Å². The number of aromatic nitrogens is 2. The van der Waals surface area contributed by atoms with E-state index in [1.54, 1.807) is 7.11 Å². The molecule has 0 unspecified atom stereocenters. The topological polar surface area (TPSA) is 131 Å². The molecule has 2 aliphatic rings. The molecule has 6 rings (SSSR count). The Hall–Kier alpha value is -4.58. The number of benzene rings is 2. The summed E-state index contributed by atoms with van der Waals surface area (Å²) in [6.45, 7) is 2.07. The summed E-state index contributed by atoms with van der Waals surface area (Å²) in [6.07, 6.45) is 15.1. The number of ether oxygens (including phenoxy) is 1. The minimum atomic E-state index is -6.09. The molecule has 50 heavy (non-hydrogen) atoms. The van der Waals surface area contributed by atoms with Crippen LogP contribution in [-0.4, -0.2) is 44.1 Å². The molecule has 0 amide bonds. The molecule has 4 aromatic rings. The molecule has 0 spiro atoms. The molecule has 266 valence electrons. The third-order valence-corrected chi connectivity index (χ3v) is 8.64. The maximum Gasteiger partial charge on any atom is 0.485 e. The molecule has 0 N–H and O–H groups in total. The first-order valence-electron chi connectivity index (χ1n) is 14.5. The van der Waals surface area contributed by atoms with Gasteiger partial charge in [-0.2, -0.15) is 35.5 Å². The lowest BCUT2D eigenvalue weighted by Crippen LogP contribution is -2.43. The predicted molar refractivity (Wildman–Crippen MR) is 168 cm³/mol. The molecular weight excluding hydrogens is 714 g/mol. The Labute approximate surface area is 283 Å². The number of halogens is 6. The van der Waals surface area contributed by atoms with Gasteiger partial charge in [-0.15, -0.1) is 0 Å². The molecule has 0 fully saturated rings. The summed E-state index contributed by atoms with van der Waals surface area (Å²) in [4.78, 5) is 0. The van der Waals surface area contributed by atoms with Crippen LogP contribution in [0.15, 0.2) is 91.3 Å². The van der Waals surface area contributed by atoms with Gasteiger partial charge >= 0.3 is 11.0 Å². The van der Waals surface area contributed by atoms with Crippen molar-refractivity contribution >= 4 is 32.4 Å². The summed E-state index contributed by atoms with van der Waals surface area (Å²) in [5, 5.41) is 0. The van der Waals surface area contributed by atoms with E-state index in [0.29, 0.717) is 0 Å². The predicted octanol–water partition coefficient (Wildman–Crippen LogP) is 5.55. The maximum absolute atomic E-state index is 10.7. The lowest BCUT2D eigenvalue weighted by Gasteiger charge is -2.22. The number of hydrogen-bond donors (Lipinski definition) is 0. The average molecular weight is 743 g/mol. The quantitative estimate of drug-likeness (QED) is 0.0882. The van der Waals surface area contributed by atoms with Crippen LogP contribution < -0.4 is 13.9 Å². The summed E-state index contributed by atoms with van der Waals surface area (Å²) >= 11 is 0. The van der Waals surface area contributed by atoms with E-state index in [0.717, 1.165) is 37.2 Å². The van der Waals surface area contributed by atoms with Gasteiger partial charge in [0.15, 0.2) is 45.7 Å². The van der Waals surface area contributed by atoms with Crippen LogP contribution >= 0.6 is 0 Å². The van der Waals surface area contributed by atoms with Gasteiger partial charge < -0.3 is 13.8 Å². The number of aryl methyl sites for hydroxylation is 4. The standard InChI is InChI=1S/C31H28N2O.2CHF3O3S/c1-34-27-13-9-23(10-14-27)6-2-3-7-24-15-19-33-21-17-26-12-11-25-16-20-32-18-5-4-8-28(32)30(25)31(26)29(33)22-24;2*2-1(3,4)8(5,6)7/h2-15,18-19,22H,16-17,20-21H2,1H3;2*(H,5,6,7)/q+2;;/p-2/b6-2+,7-3+;;. The summed E-state index contributed by atoms with van der Waals surface area (Å²) in [5.74, 6) is 0.878. The van der Waals surface area contributed by atoms with Crippen molar-refractivity contribution in [2.45, 2.75) is 36.9 Å². The Morgan fingerprint density at radius 2 is 1.14 bits per heavy atom. The van der Waals surface area contributed by atoms with Crippen LogP contribution in [0.25, 0.3) is 34.7 Å². The molecule has 9 nitrogen and oxygen atoms in total. The number of methoxy groups -OCH3 is 1. The van der Waals surface area contributed by atoms with Crippen molar-refractivity contribution in [3.8, 4) is 28.3 Å². The highest BCUT2D eigenvalue weighted by Crippen LogP contribution is 2.39. The van der Waals surface area contributed by atoms with Crippen molar-refractivity contribution in [3.63, 3.8) is 0 Å². The zero-order chi connectivity index (χ0) is 36.9. The third kappa shape index (κ3) is 9.35. The Balaban J connectivity index is 0.000000294. The van der Waals surface area contributed by atoms with Gasteiger partial charge in [0.25, 0.3) is 0 Å².